The highest BCUT2D eigenvalue weighted by molar-refractivity contribution is 5.89. The molecule has 0 radical (unpaired) electrons. The van der Waals surface area contributed by atoms with E-state index in [1.165, 1.54) is 6.92 Å². The summed E-state index contributed by atoms with van der Waals surface area (Å²) in [4.78, 5) is 49.0. The van der Waals surface area contributed by atoms with Crippen molar-refractivity contribution in [3.05, 3.63) is 12.2 Å². The topological polar surface area (TPSA) is 105 Å². The Balaban J connectivity index is 1.56. The number of ether oxygens (including phenoxy) is 4. The van der Waals surface area contributed by atoms with Gasteiger partial charge < -0.3 is 18.9 Å². The van der Waals surface area contributed by atoms with Crippen molar-refractivity contribution in [1.29, 1.82) is 0 Å². The third kappa shape index (κ3) is 2.49. The molecular formula is C19H22O8. The van der Waals surface area contributed by atoms with Crippen LogP contribution in [0.5, 0.6) is 0 Å². The van der Waals surface area contributed by atoms with Crippen molar-refractivity contribution < 1.29 is 38.1 Å². The van der Waals surface area contributed by atoms with Crippen LogP contribution in [-0.2, 0) is 38.1 Å². The Hall–Kier alpha value is -2.38. The lowest BCUT2D eigenvalue weighted by Crippen LogP contribution is -2.47. The van der Waals surface area contributed by atoms with Crippen molar-refractivity contribution >= 4 is 23.9 Å². The summed E-state index contributed by atoms with van der Waals surface area (Å²) in [5, 5.41) is 0. The molecule has 0 amide bonds. The predicted molar refractivity (Wildman–Crippen MR) is 87.8 cm³/mol. The van der Waals surface area contributed by atoms with Crippen LogP contribution in [0.2, 0.25) is 0 Å². The van der Waals surface area contributed by atoms with E-state index in [4.69, 9.17) is 18.9 Å². The smallest absolute Gasteiger partial charge is 0.333 e. The second kappa shape index (κ2) is 5.81. The Morgan fingerprint density at radius 2 is 1.93 bits per heavy atom. The average molecular weight is 378 g/mol. The van der Waals surface area contributed by atoms with Crippen molar-refractivity contribution in [3.63, 3.8) is 0 Å². The van der Waals surface area contributed by atoms with Gasteiger partial charge in [-0.15, -0.1) is 0 Å². The Bertz CT molecular complexity index is 757. The molecule has 8 unspecified atom stereocenters. The fourth-order valence-corrected chi connectivity index (χ4v) is 4.82. The van der Waals surface area contributed by atoms with Crippen LogP contribution < -0.4 is 0 Å². The van der Waals surface area contributed by atoms with E-state index in [-0.39, 0.29) is 24.0 Å². The predicted octanol–water partition coefficient (Wildman–Crippen LogP) is 0.777. The molecule has 2 saturated heterocycles. The molecule has 4 rings (SSSR count). The van der Waals surface area contributed by atoms with Gasteiger partial charge in [-0.05, 0) is 27.2 Å². The van der Waals surface area contributed by atoms with Crippen LogP contribution in [0, 0.1) is 29.6 Å². The molecule has 0 spiro atoms. The number of fused-ring (bicyclic) bond motifs is 1. The molecule has 27 heavy (non-hydrogen) atoms. The highest BCUT2D eigenvalue weighted by Crippen LogP contribution is 2.59. The van der Waals surface area contributed by atoms with Gasteiger partial charge in [0.15, 0.2) is 5.60 Å². The molecule has 2 heterocycles. The standard InChI is InChI=1S/C19H22O8/c1-7(2)15(20)25-13-10-5-9-11(17(22)26-14(9)13)12(10)18(23)27-19(4)6-24-16(21)8(19)3/h8-14H,1,5-6H2,2-4H3. The Kier molecular flexibility index (Phi) is 3.87. The summed E-state index contributed by atoms with van der Waals surface area (Å²) >= 11 is 0. The van der Waals surface area contributed by atoms with Crippen LogP contribution in [-0.4, -0.2) is 48.3 Å². The number of esters is 4. The van der Waals surface area contributed by atoms with Crippen molar-refractivity contribution in [1.82, 2.24) is 0 Å². The van der Waals surface area contributed by atoms with Crippen molar-refractivity contribution in [2.75, 3.05) is 6.61 Å². The van der Waals surface area contributed by atoms with E-state index in [1.807, 2.05) is 0 Å². The third-order valence-electron chi connectivity index (χ3n) is 6.51. The minimum Gasteiger partial charge on any atom is -0.461 e. The Labute approximate surface area is 156 Å². The number of rotatable bonds is 4. The Morgan fingerprint density at radius 3 is 2.52 bits per heavy atom. The van der Waals surface area contributed by atoms with Gasteiger partial charge in [0.05, 0.1) is 17.8 Å². The first kappa shape index (κ1) is 18.0. The first-order valence-corrected chi connectivity index (χ1v) is 9.10. The van der Waals surface area contributed by atoms with Crippen LogP contribution >= 0.6 is 0 Å². The van der Waals surface area contributed by atoms with Gasteiger partial charge in [0, 0.05) is 17.4 Å². The maximum absolute atomic E-state index is 13.0. The fourth-order valence-electron chi connectivity index (χ4n) is 4.82. The summed E-state index contributed by atoms with van der Waals surface area (Å²) in [6.45, 7) is 8.35. The number of carbonyl (C=O) groups excluding carboxylic acids is 4. The summed E-state index contributed by atoms with van der Waals surface area (Å²) in [6, 6.07) is 0. The van der Waals surface area contributed by atoms with Gasteiger partial charge in [-0.2, -0.15) is 0 Å². The largest absolute Gasteiger partial charge is 0.461 e. The van der Waals surface area contributed by atoms with Crippen LogP contribution in [0.3, 0.4) is 0 Å². The number of hydrogen-bond acceptors (Lipinski definition) is 8. The second-order valence-electron chi connectivity index (χ2n) is 8.23. The monoisotopic (exact) mass is 378 g/mol. The Morgan fingerprint density at radius 1 is 1.22 bits per heavy atom. The van der Waals surface area contributed by atoms with E-state index in [9.17, 15) is 19.2 Å². The summed E-state index contributed by atoms with van der Waals surface area (Å²) in [6.07, 6.45) is -0.659. The number of carbonyl (C=O) groups is 4. The zero-order chi connectivity index (χ0) is 19.7. The lowest BCUT2D eigenvalue weighted by atomic mass is 9.78. The first-order chi connectivity index (χ1) is 12.6. The van der Waals surface area contributed by atoms with Crippen LogP contribution in [0.4, 0.5) is 0 Å². The van der Waals surface area contributed by atoms with Crippen molar-refractivity contribution in [2.24, 2.45) is 29.6 Å². The molecular weight excluding hydrogens is 356 g/mol. The van der Waals surface area contributed by atoms with Gasteiger partial charge in [0.1, 0.15) is 18.8 Å². The molecule has 2 aliphatic carbocycles. The molecule has 0 aromatic heterocycles. The molecule has 2 saturated carbocycles. The van der Waals surface area contributed by atoms with Crippen LogP contribution in [0.15, 0.2) is 12.2 Å². The summed E-state index contributed by atoms with van der Waals surface area (Å²) < 4.78 is 21.6. The molecule has 0 N–H and O–H groups in total. The van der Waals surface area contributed by atoms with E-state index in [0.29, 0.717) is 6.42 Å². The summed E-state index contributed by atoms with van der Waals surface area (Å²) in [7, 11) is 0. The zero-order valence-electron chi connectivity index (χ0n) is 15.4. The molecule has 2 bridgehead atoms. The highest BCUT2D eigenvalue weighted by atomic mass is 16.6. The molecule has 0 aromatic carbocycles. The molecule has 8 atom stereocenters. The number of hydrogen-bond donors (Lipinski definition) is 0. The summed E-state index contributed by atoms with van der Waals surface area (Å²) in [5.74, 6) is -4.51. The quantitative estimate of drug-likeness (QED) is 0.401. The van der Waals surface area contributed by atoms with Gasteiger partial charge >= 0.3 is 23.9 Å². The van der Waals surface area contributed by atoms with E-state index >= 15 is 0 Å². The van der Waals surface area contributed by atoms with Gasteiger partial charge in [0.25, 0.3) is 0 Å². The van der Waals surface area contributed by atoms with E-state index in [0.717, 1.165) is 0 Å². The summed E-state index contributed by atoms with van der Waals surface area (Å²) in [5.41, 5.74) is -0.845. The van der Waals surface area contributed by atoms with Crippen LogP contribution in [0.25, 0.3) is 0 Å². The maximum atomic E-state index is 13.0. The minimum absolute atomic E-state index is 0.0225. The van der Waals surface area contributed by atoms with E-state index in [1.54, 1.807) is 13.8 Å². The molecule has 0 aromatic rings. The second-order valence-corrected chi connectivity index (χ2v) is 8.23. The first-order valence-electron chi connectivity index (χ1n) is 9.10. The van der Waals surface area contributed by atoms with E-state index in [2.05, 4.69) is 6.58 Å². The SMILES string of the molecule is C=C(C)C(=O)OC1C2CC3C1OC(=O)C3C2C(=O)OC1(C)COC(=O)C1C. The maximum Gasteiger partial charge on any atom is 0.333 e. The highest BCUT2D eigenvalue weighted by Gasteiger charge is 2.70. The molecule has 8 heteroatoms. The van der Waals surface area contributed by atoms with Crippen molar-refractivity contribution in [3.8, 4) is 0 Å². The fraction of sp³-hybridized carbons (Fsp3) is 0.684. The van der Waals surface area contributed by atoms with E-state index < -0.39 is 59.4 Å². The van der Waals surface area contributed by atoms with Crippen LogP contribution in [0.1, 0.15) is 27.2 Å². The molecule has 2 aliphatic heterocycles. The lowest BCUT2D eigenvalue weighted by molar-refractivity contribution is -0.175. The molecule has 4 aliphatic rings. The zero-order valence-corrected chi connectivity index (χ0v) is 15.4. The number of cyclic esters (lactones) is 1. The minimum atomic E-state index is -1.08. The van der Waals surface area contributed by atoms with Gasteiger partial charge in [-0.3, -0.25) is 14.4 Å². The van der Waals surface area contributed by atoms with Crippen molar-refractivity contribution in [2.45, 2.75) is 45.0 Å². The van der Waals surface area contributed by atoms with Gasteiger partial charge in [-0.25, -0.2) is 4.79 Å². The molecule has 8 nitrogen and oxygen atoms in total. The normalized spacial score (nSPS) is 44.0. The van der Waals surface area contributed by atoms with Gasteiger partial charge in [-0.1, -0.05) is 6.58 Å². The third-order valence-corrected chi connectivity index (χ3v) is 6.51. The molecule has 4 fully saturated rings. The lowest BCUT2D eigenvalue weighted by Gasteiger charge is -2.33. The average Bonchev–Trinajstić information content (AvgIpc) is 3.27. The van der Waals surface area contributed by atoms with Gasteiger partial charge in [0.2, 0.25) is 0 Å². The molecule has 146 valence electrons.